The molecule has 0 aliphatic heterocycles. The molecule has 0 amide bonds. The summed E-state index contributed by atoms with van der Waals surface area (Å²) in [6.45, 7) is 8.76. The second-order valence-electron chi connectivity index (χ2n) is 5.80. The Kier molecular flexibility index (Phi) is 4.15. The maximum absolute atomic E-state index is 13.9. The van der Waals surface area contributed by atoms with Crippen LogP contribution in [-0.4, -0.2) is 18.7 Å². The molecule has 96 valence electrons. The predicted octanol–water partition coefficient (Wildman–Crippen LogP) is 3.36. The molecule has 0 saturated heterocycles. The summed E-state index contributed by atoms with van der Waals surface area (Å²) in [7, 11) is 1.88. The van der Waals surface area contributed by atoms with Crippen LogP contribution in [0.5, 0.6) is 0 Å². The van der Waals surface area contributed by atoms with Gasteiger partial charge in [-0.1, -0.05) is 26.8 Å². The minimum atomic E-state index is -0.633. The van der Waals surface area contributed by atoms with Crippen molar-refractivity contribution in [3.05, 3.63) is 29.6 Å². The van der Waals surface area contributed by atoms with E-state index in [1.807, 2.05) is 11.9 Å². The first-order chi connectivity index (χ1) is 7.70. The summed E-state index contributed by atoms with van der Waals surface area (Å²) in [5.41, 5.74) is 1.30. The number of rotatable bonds is 3. The van der Waals surface area contributed by atoms with Crippen LogP contribution < -0.4 is 4.90 Å². The van der Waals surface area contributed by atoms with Gasteiger partial charge in [-0.15, -0.1) is 0 Å². The molecule has 0 fully saturated rings. The summed E-state index contributed by atoms with van der Waals surface area (Å²) in [6, 6.07) is 4.89. The molecule has 0 aliphatic rings. The van der Waals surface area contributed by atoms with Crippen LogP contribution in [0.25, 0.3) is 0 Å². The second kappa shape index (κ2) is 5.05. The molecule has 17 heavy (non-hydrogen) atoms. The Morgan fingerprint density at radius 2 is 1.94 bits per heavy atom. The van der Waals surface area contributed by atoms with Crippen LogP contribution in [0.3, 0.4) is 0 Å². The van der Waals surface area contributed by atoms with Crippen LogP contribution in [0.15, 0.2) is 18.2 Å². The molecule has 1 atom stereocenters. The van der Waals surface area contributed by atoms with Crippen LogP contribution in [0.2, 0.25) is 0 Å². The van der Waals surface area contributed by atoms with Crippen LogP contribution in [0.4, 0.5) is 10.1 Å². The Morgan fingerprint density at radius 3 is 2.35 bits per heavy atom. The van der Waals surface area contributed by atoms with Crippen molar-refractivity contribution in [2.75, 3.05) is 18.5 Å². The summed E-state index contributed by atoms with van der Waals surface area (Å²) in [5, 5.41) is 9.38. The van der Waals surface area contributed by atoms with Crippen molar-refractivity contribution < 1.29 is 9.50 Å². The molecule has 2 nitrogen and oxygen atoms in total. The largest absolute Gasteiger partial charge is 0.389 e. The lowest BCUT2D eigenvalue weighted by atomic mass is 9.96. The number of hydrogen-bond donors (Lipinski definition) is 1. The first-order valence-corrected chi connectivity index (χ1v) is 5.89. The average molecular weight is 239 g/mol. The molecule has 0 aliphatic carbocycles. The topological polar surface area (TPSA) is 23.5 Å². The molecule has 1 rings (SSSR count). The highest BCUT2D eigenvalue weighted by Gasteiger charge is 2.16. The van der Waals surface area contributed by atoms with Gasteiger partial charge in [0.05, 0.1) is 11.8 Å². The van der Waals surface area contributed by atoms with Gasteiger partial charge in [0.25, 0.3) is 0 Å². The summed E-state index contributed by atoms with van der Waals surface area (Å²) >= 11 is 0. The quantitative estimate of drug-likeness (QED) is 0.874. The van der Waals surface area contributed by atoms with Crippen LogP contribution in [0, 0.1) is 11.2 Å². The van der Waals surface area contributed by atoms with Gasteiger partial charge in [0.1, 0.15) is 5.82 Å². The van der Waals surface area contributed by atoms with E-state index in [1.165, 1.54) is 6.07 Å². The molecule has 1 aromatic carbocycles. The Balaban J connectivity index is 2.92. The Morgan fingerprint density at radius 1 is 1.35 bits per heavy atom. The fraction of sp³-hybridized carbons (Fsp3) is 0.571. The molecular formula is C14H22FNO. The van der Waals surface area contributed by atoms with Gasteiger partial charge in [-0.05, 0) is 30.0 Å². The second-order valence-corrected chi connectivity index (χ2v) is 5.80. The molecular weight excluding hydrogens is 217 g/mol. The van der Waals surface area contributed by atoms with E-state index in [9.17, 15) is 9.50 Å². The van der Waals surface area contributed by atoms with E-state index >= 15 is 0 Å². The standard InChI is InChI=1S/C14H22FNO/c1-10(17)11-6-7-13(12(15)8-11)16(5)9-14(2,3)4/h6-8,10,17H,9H2,1-5H3. The van der Waals surface area contributed by atoms with E-state index in [0.29, 0.717) is 11.3 Å². The summed E-state index contributed by atoms with van der Waals surface area (Å²) in [6.07, 6.45) is -0.633. The number of hydrogen-bond acceptors (Lipinski definition) is 2. The van der Waals surface area contributed by atoms with Crippen molar-refractivity contribution in [1.82, 2.24) is 0 Å². The third kappa shape index (κ3) is 4.00. The molecule has 1 N–H and O–H groups in total. The van der Waals surface area contributed by atoms with Crippen molar-refractivity contribution in [3.63, 3.8) is 0 Å². The fourth-order valence-corrected chi connectivity index (χ4v) is 1.89. The molecule has 0 saturated carbocycles. The van der Waals surface area contributed by atoms with E-state index in [4.69, 9.17) is 0 Å². The highest BCUT2D eigenvalue weighted by molar-refractivity contribution is 5.49. The average Bonchev–Trinajstić information content (AvgIpc) is 2.14. The zero-order valence-corrected chi connectivity index (χ0v) is 11.3. The number of aliphatic hydroxyl groups is 1. The lowest BCUT2D eigenvalue weighted by molar-refractivity contribution is 0.199. The molecule has 1 aromatic rings. The first kappa shape index (κ1) is 14.0. The summed E-state index contributed by atoms with van der Waals surface area (Å²) < 4.78 is 13.9. The summed E-state index contributed by atoms with van der Waals surface area (Å²) in [5.74, 6) is -0.282. The van der Waals surface area contributed by atoms with E-state index in [0.717, 1.165) is 6.54 Å². The zero-order valence-electron chi connectivity index (χ0n) is 11.3. The number of aliphatic hydroxyl groups excluding tert-OH is 1. The van der Waals surface area contributed by atoms with Crippen molar-refractivity contribution >= 4 is 5.69 Å². The van der Waals surface area contributed by atoms with E-state index in [1.54, 1.807) is 19.1 Å². The Hall–Kier alpha value is -1.09. The molecule has 1 unspecified atom stereocenters. The van der Waals surface area contributed by atoms with Gasteiger partial charge in [0.2, 0.25) is 0 Å². The minimum Gasteiger partial charge on any atom is -0.389 e. The molecule has 0 bridgehead atoms. The normalized spacial score (nSPS) is 13.6. The zero-order chi connectivity index (χ0) is 13.2. The fourth-order valence-electron chi connectivity index (χ4n) is 1.89. The van der Waals surface area contributed by atoms with Gasteiger partial charge in [0, 0.05) is 13.6 Å². The van der Waals surface area contributed by atoms with E-state index < -0.39 is 6.10 Å². The van der Waals surface area contributed by atoms with E-state index in [2.05, 4.69) is 20.8 Å². The SMILES string of the molecule is CC(O)c1ccc(N(C)CC(C)(C)C)c(F)c1. The first-order valence-electron chi connectivity index (χ1n) is 5.89. The van der Waals surface area contributed by atoms with Gasteiger partial charge in [-0.2, -0.15) is 0 Å². The number of anilines is 1. The van der Waals surface area contributed by atoms with Gasteiger partial charge in [-0.3, -0.25) is 0 Å². The van der Waals surface area contributed by atoms with Gasteiger partial charge < -0.3 is 10.0 Å². The third-order valence-corrected chi connectivity index (χ3v) is 2.58. The van der Waals surface area contributed by atoms with Gasteiger partial charge in [0.15, 0.2) is 0 Å². The molecule has 0 spiro atoms. The number of nitrogens with zero attached hydrogens (tertiary/aromatic N) is 1. The Bertz CT molecular complexity index is 382. The highest BCUT2D eigenvalue weighted by Crippen LogP contribution is 2.25. The highest BCUT2D eigenvalue weighted by atomic mass is 19.1. The lowest BCUT2D eigenvalue weighted by Crippen LogP contribution is -2.29. The van der Waals surface area contributed by atoms with Crippen molar-refractivity contribution in [2.24, 2.45) is 5.41 Å². The third-order valence-electron chi connectivity index (χ3n) is 2.58. The number of benzene rings is 1. The van der Waals surface area contributed by atoms with Crippen molar-refractivity contribution in [3.8, 4) is 0 Å². The monoisotopic (exact) mass is 239 g/mol. The smallest absolute Gasteiger partial charge is 0.146 e. The minimum absolute atomic E-state index is 0.115. The predicted molar refractivity (Wildman–Crippen MR) is 69.8 cm³/mol. The van der Waals surface area contributed by atoms with Gasteiger partial charge in [-0.25, -0.2) is 4.39 Å². The number of halogens is 1. The lowest BCUT2D eigenvalue weighted by Gasteiger charge is -2.28. The van der Waals surface area contributed by atoms with Crippen LogP contribution in [0.1, 0.15) is 39.4 Å². The Labute approximate surface area is 103 Å². The molecule has 3 heteroatoms. The molecule has 0 aromatic heterocycles. The summed E-state index contributed by atoms with van der Waals surface area (Å²) in [4.78, 5) is 1.90. The maximum atomic E-state index is 13.9. The van der Waals surface area contributed by atoms with Crippen molar-refractivity contribution in [1.29, 1.82) is 0 Å². The molecule has 0 radical (unpaired) electrons. The van der Waals surface area contributed by atoms with E-state index in [-0.39, 0.29) is 11.2 Å². The molecule has 0 heterocycles. The van der Waals surface area contributed by atoms with Crippen LogP contribution >= 0.6 is 0 Å². The van der Waals surface area contributed by atoms with Gasteiger partial charge >= 0.3 is 0 Å². The van der Waals surface area contributed by atoms with Crippen molar-refractivity contribution in [2.45, 2.75) is 33.8 Å². The maximum Gasteiger partial charge on any atom is 0.146 e. The van der Waals surface area contributed by atoms with Crippen LogP contribution in [-0.2, 0) is 0 Å².